The van der Waals surface area contributed by atoms with E-state index in [1.165, 1.54) is 5.56 Å². The minimum absolute atomic E-state index is 0.0415. The van der Waals surface area contributed by atoms with Crippen LogP contribution in [0.2, 0.25) is 0 Å². The number of carbonyl (C=O) groups is 1. The first-order chi connectivity index (χ1) is 14.3. The molecule has 1 aliphatic heterocycles. The van der Waals surface area contributed by atoms with Gasteiger partial charge in [-0.3, -0.25) is 4.79 Å². The van der Waals surface area contributed by atoms with Crippen LogP contribution in [0, 0.1) is 0 Å². The molecule has 0 atom stereocenters. The molecule has 1 fully saturated rings. The average molecular weight is 387 g/mol. The summed E-state index contributed by atoms with van der Waals surface area (Å²) in [4.78, 5) is 19.2. The van der Waals surface area contributed by atoms with Crippen LogP contribution in [0.5, 0.6) is 5.75 Å². The summed E-state index contributed by atoms with van der Waals surface area (Å²) in [6, 6.07) is 21.8. The van der Waals surface area contributed by atoms with Crippen molar-refractivity contribution in [3.05, 3.63) is 84.1 Å². The number of amides is 1. The van der Waals surface area contributed by atoms with Gasteiger partial charge in [0.15, 0.2) is 12.4 Å². The Kier molecular flexibility index (Phi) is 6.05. The first kappa shape index (κ1) is 19.0. The molecule has 0 saturated carbocycles. The summed E-state index contributed by atoms with van der Waals surface area (Å²) in [7, 11) is 0. The highest BCUT2D eigenvalue weighted by Crippen LogP contribution is 2.26. The molecular formula is C24H25N3O2. The quantitative estimate of drug-likeness (QED) is 0.657. The Morgan fingerprint density at radius 1 is 0.966 bits per heavy atom. The maximum absolute atomic E-state index is 12.5. The molecule has 2 heterocycles. The van der Waals surface area contributed by atoms with Gasteiger partial charge in [0.1, 0.15) is 5.75 Å². The van der Waals surface area contributed by atoms with Crippen LogP contribution in [0.3, 0.4) is 0 Å². The molecule has 1 aromatic heterocycles. The van der Waals surface area contributed by atoms with Gasteiger partial charge in [0.25, 0.3) is 5.91 Å². The van der Waals surface area contributed by atoms with E-state index in [2.05, 4.69) is 27.3 Å². The molecule has 0 aliphatic carbocycles. The van der Waals surface area contributed by atoms with Crippen LogP contribution in [0.1, 0.15) is 24.0 Å². The van der Waals surface area contributed by atoms with Crippen LogP contribution in [-0.2, 0) is 11.2 Å². The van der Waals surface area contributed by atoms with Gasteiger partial charge in [-0.2, -0.15) is 0 Å². The molecule has 1 aliphatic rings. The molecule has 3 aromatic rings. The first-order valence-corrected chi connectivity index (χ1v) is 10.0. The summed E-state index contributed by atoms with van der Waals surface area (Å²) in [6.07, 6.45) is 4.84. The number of nitrogens with zero attached hydrogens (tertiary/aromatic N) is 2. The highest BCUT2D eigenvalue weighted by molar-refractivity contribution is 5.94. The lowest BCUT2D eigenvalue weighted by Crippen LogP contribution is -2.25. The molecule has 5 nitrogen and oxygen atoms in total. The van der Waals surface area contributed by atoms with E-state index in [9.17, 15) is 4.79 Å². The van der Waals surface area contributed by atoms with Crippen molar-refractivity contribution in [1.29, 1.82) is 0 Å². The molecule has 5 heteroatoms. The zero-order valence-corrected chi connectivity index (χ0v) is 16.4. The van der Waals surface area contributed by atoms with Gasteiger partial charge in [0, 0.05) is 25.7 Å². The maximum atomic E-state index is 12.5. The van der Waals surface area contributed by atoms with Crippen molar-refractivity contribution in [2.24, 2.45) is 0 Å². The second-order valence-corrected chi connectivity index (χ2v) is 7.18. The Morgan fingerprint density at radius 3 is 2.55 bits per heavy atom. The lowest BCUT2D eigenvalue weighted by Gasteiger charge is -2.20. The van der Waals surface area contributed by atoms with Gasteiger partial charge in [0.05, 0.1) is 5.69 Å². The zero-order chi connectivity index (χ0) is 19.9. The molecule has 0 radical (unpaired) electrons. The average Bonchev–Trinajstić information content (AvgIpc) is 3.29. The van der Waals surface area contributed by atoms with Crippen LogP contribution < -0.4 is 15.0 Å². The second kappa shape index (κ2) is 9.24. The van der Waals surface area contributed by atoms with Crippen molar-refractivity contribution in [1.82, 2.24) is 4.98 Å². The number of hydrogen-bond acceptors (Lipinski definition) is 4. The van der Waals surface area contributed by atoms with Crippen molar-refractivity contribution >= 4 is 17.4 Å². The number of rotatable bonds is 7. The monoisotopic (exact) mass is 387 g/mol. The zero-order valence-electron chi connectivity index (χ0n) is 16.4. The third kappa shape index (κ3) is 4.93. The Morgan fingerprint density at radius 2 is 1.72 bits per heavy atom. The predicted molar refractivity (Wildman–Crippen MR) is 115 cm³/mol. The van der Waals surface area contributed by atoms with E-state index in [0.29, 0.717) is 0 Å². The molecule has 0 bridgehead atoms. The molecule has 1 amide bonds. The first-order valence-electron chi connectivity index (χ1n) is 10.0. The van der Waals surface area contributed by atoms with Gasteiger partial charge in [-0.05, 0) is 42.2 Å². The minimum atomic E-state index is -0.187. The van der Waals surface area contributed by atoms with Crippen LogP contribution in [0.25, 0.3) is 0 Å². The summed E-state index contributed by atoms with van der Waals surface area (Å²) in [5.41, 5.74) is 3.00. The van der Waals surface area contributed by atoms with Gasteiger partial charge < -0.3 is 15.0 Å². The molecule has 0 spiro atoms. The van der Waals surface area contributed by atoms with Crippen LogP contribution >= 0.6 is 0 Å². The Balaban J connectivity index is 1.40. The third-order valence-corrected chi connectivity index (χ3v) is 5.04. The van der Waals surface area contributed by atoms with E-state index in [4.69, 9.17) is 4.74 Å². The van der Waals surface area contributed by atoms with Crippen molar-refractivity contribution < 1.29 is 9.53 Å². The third-order valence-electron chi connectivity index (χ3n) is 5.04. The minimum Gasteiger partial charge on any atom is -0.483 e. The molecule has 1 saturated heterocycles. The highest BCUT2D eigenvalue weighted by Gasteiger charge is 2.18. The molecular weight excluding hydrogens is 362 g/mol. The lowest BCUT2D eigenvalue weighted by atomic mass is 10.0. The maximum Gasteiger partial charge on any atom is 0.262 e. The van der Waals surface area contributed by atoms with Crippen LogP contribution in [0.15, 0.2) is 72.9 Å². The fourth-order valence-electron chi connectivity index (χ4n) is 3.61. The molecule has 148 valence electrons. The molecule has 2 aromatic carbocycles. The van der Waals surface area contributed by atoms with E-state index in [1.807, 2.05) is 54.6 Å². The highest BCUT2D eigenvalue weighted by atomic mass is 16.5. The Bertz CT molecular complexity index is 953. The predicted octanol–water partition coefficient (Wildman–Crippen LogP) is 4.29. The number of anilines is 2. The fourth-order valence-corrected chi connectivity index (χ4v) is 3.61. The number of hydrogen-bond donors (Lipinski definition) is 1. The van der Waals surface area contributed by atoms with Crippen molar-refractivity contribution in [2.45, 2.75) is 19.3 Å². The van der Waals surface area contributed by atoms with E-state index >= 15 is 0 Å². The summed E-state index contributed by atoms with van der Waals surface area (Å²) in [5.74, 6) is 1.38. The van der Waals surface area contributed by atoms with Crippen molar-refractivity contribution in [2.75, 3.05) is 29.9 Å². The Hall–Kier alpha value is -3.34. The van der Waals surface area contributed by atoms with E-state index < -0.39 is 0 Å². The van der Waals surface area contributed by atoms with Gasteiger partial charge in [0.2, 0.25) is 0 Å². The second-order valence-electron chi connectivity index (χ2n) is 7.18. The van der Waals surface area contributed by atoms with Crippen molar-refractivity contribution in [3.63, 3.8) is 0 Å². The molecule has 29 heavy (non-hydrogen) atoms. The lowest BCUT2D eigenvalue weighted by molar-refractivity contribution is -0.118. The topological polar surface area (TPSA) is 54.5 Å². The molecule has 0 unspecified atom stereocenters. The fraction of sp³-hybridized carbons (Fsp3) is 0.250. The number of carbonyl (C=O) groups excluding carboxylic acids is 1. The summed E-state index contributed by atoms with van der Waals surface area (Å²) in [6.45, 7) is 1.91. The summed E-state index contributed by atoms with van der Waals surface area (Å²) < 4.78 is 5.86. The normalized spacial score (nSPS) is 13.3. The smallest absolute Gasteiger partial charge is 0.262 e. The van der Waals surface area contributed by atoms with Gasteiger partial charge in [-0.15, -0.1) is 0 Å². The number of aromatic nitrogens is 1. The van der Waals surface area contributed by atoms with E-state index in [-0.39, 0.29) is 12.5 Å². The summed E-state index contributed by atoms with van der Waals surface area (Å²) in [5, 5.41) is 2.96. The number of nitrogens with one attached hydrogen (secondary N) is 1. The van der Waals surface area contributed by atoms with Crippen LogP contribution in [0.4, 0.5) is 11.5 Å². The molecule has 1 N–H and O–H groups in total. The SMILES string of the molecule is O=C(COc1ccccc1Cc1ccccc1)Nc1cccnc1N1CCCC1. The van der Waals surface area contributed by atoms with Gasteiger partial charge in [-0.25, -0.2) is 4.98 Å². The van der Waals surface area contributed by atoms with E-state index in [1.54, 1.807) is 6.20 Å². The number of pyridine rings is 1. The number of para-hydroxylation sites is 1. The summed E-state index contributed by atoms with van der Waals surface area (Å²) >= 11 is 0. The van der Waals surface area contributed by atoms with Crippen LogP contribution in [-0.4, -0.2) is 30.6 Å². The standard InChI is InChI=1S/C24H25N3O2/c28-23(26-21-12-8-14-25-24(21)27-15-6-7-16-27)18-29-22-13-5-4-11-20(22)17-19-9-2-1-3-10-19/h1-5,8-14H,6-7,15-18H2,(H,26,28). The van der Waals surface area contributed by atoms with E-state index in [0.717, 1.165) is 55.2 Å². The molecule has 4 rings (SSSR count). The number of ether oxygens (including phenoxy) is 1. The largest absolute Gasteiger partial charge is 0.483 e. The Labute approximate surface area is 171 Å². The number of benzene rings is 2. The van der Waals surface area contributed by atoms with Crippen molar-refractivity contribution in [3.8, 4) is 5.75 Å². The van der Waals surface area contributed by atoms with Gasteiger partial charge >= 0.3 is 0 Å². The van der Waals surface area contributed by atoms with Gasteiger partial charge in [-0.1, -0.05) is 48.5 Å².